The highest BCUT2D eigenvalue weighted by Gasteiger charge is 2.56. The summed E-state index contributed by atoms with van der Waals surface area (Å²) in [6.45, 7) is 2.20. The van der Waals surface area contributed by atoms with Crippen molar-refractivity contribution in [3.05, 3.63) is 69.8 Å². The second-order valence-corrected chi connectivity index (χ2v) is 9.45. The van der Waals surface area contributed by atoms with E-state index in [9.17, 15) is 9.90 Å². The largest absolute Gasteiger partial charge is 0.508 e. The minimum absolute atomic E-state index is 0.228. The van der Waals surface area contributed by atoms with Crippen molar-refractivity contribution in [3.63, 3.8) is 0 Å². The summed E-state index contributed by atoms with van der Waals surface area (Å²) in [7, 11) is 0. The van der Waals surface area contributed by atoms with E-state index in [1.165, 1.54) is 11.1 Å². The first-order chi connectivity index (χ1) is 13.5. The summed E-state index contributed by atoms with van der Waals surface area (Å²) in [6.07, 6.45) is 7.09. The first kappa shape index (κ1) is 18.0. The third-order valence-corrected chi connectivity index (χ3v) is 7.81. The predicted octanol–water partition coefficient (Wildman–Crippen LogP) is 6.16. The molecule has 1 N–H and O–H groups in total. The van der Waals surface area contributed by atoms with Crippen LogP contribution < -0.4 is 0 Å². The van der Waals surface area contributed by atoms with E-state index in [1.54, 1.807) is 0 Å². The minimum Gasteiger partial charge on any atom is -0.508 e. The molecule has 3 aliphatic rings. The topological polar surface area (TPSA) is 37.3 Å². The van der Waals surface area contributed by atoms with Gasteiger partial charge in [-0.05, 0) is 102 Å². The maximum absolute atomic E-state index is 13.4. The molecule has 2 fully saturated rings. The second-order valence-electron chi connectivity index (χ2n) is 9.01. The number of aryl methyl sites for hydroxylation is 1. The third kappa shape index (κ3) is 2.73. The van der Waals surface area contributed by atoms with Gasteiger partial charge in [0, 0.05) is 10.4 Å². The number of phenolic OH excluding ortho intramolecular Hbond substituents is 1. The number of allylic oxidation sites excluding steroid dienone is 1. The molecule has 0 saturated heterocycles. The van der Waals surface area contributed by atoms with Gasteiger partial charge in [-0.2, -0.15) is 0 Å². The maximum Gasteiger partial charge on any atom is 0.165 e. The molecule has 2 aromatic carbocycles. The van der Waals surface area contributed by atoms with Gasteiger partial charge in [0.25, 0.3) is 0 Å². The average Bonchev–Trinajstić information content (AvgIpc) is 2.94. The molecular formula is C25H25ClO2. The molecule has 2 saturated carbocycles. The number of rotatable bonds is 1. The fourth-order valence-corrected chi connectivity index (χ4v) is 6.25. The number of carbonyl (C=O) groups excluding carboxylic acids is 1. The lowest BCUT2D eigenvalue weighted by molar-refractivity contribution is -0.127. The summed E-state index contributed by atoms with van der Waals surface area (Å²) >= 11 is 6.00. The number of benzene rings is 2. The summed E-state index contributed by atoms with van der Waals surface area (Å²) in [6, 6.07) is 13.6. The van der Waals surface area contributed by atoms with Crippen molar-refractivity contribution < 1.29 is 9.90 Å². The highest BCUT2D eigenvalue weighted by molar-refractivity contribution is 6.30. The van der Waals surface area contributed by atoms with Gasteiger partial charge in [0.2, 0.25) is 0 Å². The van der Waals surface area contributed by atoms with Gasteiger partial charge in [-0.25, -0.2) is 0 Å². The SMILES string of the molecule is C[C@]12CC[C@@H]3c4ccc(O)cc4CC[C@H]3[C@@H]1C/C(=C\c1ccc(Cl)cc1)C2=O. The van der Waals surface area contributed by atoms with Crippen LogP contribution in [0.1, 0.15) is 55.2 Å². The second kappa shape index (κ2) is 6.49. The highest BCUT2D eigenvalue weighted by Crippen LogP contribution is 2.60. The molecule has 0 heterocycles. The number of hydrogen-bond donors (Lipinski definition) is 1. The van der Waals surface area contributed by atoms with Crippen LogP contribution in [0, 0.1) is 17.3 Å². The molecule has 0 bridgehead atoms. The summed E-state index contributed by atoms with van der Waals surface area (Å²) < 4.78 is 0. The standard InChI is InChI=1S/C25H25ClO2/c1-25-11-10-21-20-9-7-19(27)13-16(20)4-8-22(21)23(25)14-17(24(25)28)12-15-2-5-18(26)6-3-15/h2-3,5-7,9,12-13,21-23,27H,4,8,10-11,14H2,1H3/b17-12+/t21-,22-,23+,25+/m1/s1. The van der Waals surface area contributed by atoms with Gasteiger partial charge in [-0.15, -0.1) is 0 Å². The number of fused-ring (bicyclic) bond motifs is 5. The highest BCUT2D eigenvalue weighted by atomic mass is 35.5. The number of carbonyl (C=O) groups is 1. The van der Waals surface area contributed by atoms with Gasteiger partial charge in [0.1, 0.15) is 5.75 Å². The van der Waals surface area contributed by atoms with E-state index in [0.29, 0.717) is 29.3 Å². The fourth-order valence-electron chi connectivity index (χ4n) is 6.13. The van der Waals surface area contributed by atoms with Gasteiger partial charge < -0.3 is 5.11 Å². The molecule has 4 atom stereocenters. The molecule has 3 aliphatic carbocycles. The zero-order valence-corrected chi connectivity index (χ0v) is 16.9. The third-order valence-electron chi connectivity index (χ3n) is 7.56. The van der Waals surface area contributed by atoms with Crippen LogP contribution in [0.3, 0.4) is 0 Å². The monoisotopic (exact) mass is 392 g/mol. The lowest BCUT2D eigenvalue weighted by atomic mass is 9.55. The van der Waals surface area contributed by atoms with Gasteiger partial charge in [0.05, 0.1) is 0 Å². The first-order valence-corrected chi connectivity index (χ1v) is 10.7. The van der Waals surface area contributed by atoms with Crippen LogP contribution in [0.5, 0.6) is 5.75 Å². The van der Waals surface area contributed by atoms with Crippen molar-refractivity contribution >= 4 is 23.5 Å². The smallest absolute Gasteiger partial charge is 0.165 e. The van der Waals surface area contributed by atoms with E-state index in [4.69, 9.17) is 11.6 Å². The quantitative estimate of drug-likeness (QED) is 0.589. The van der Waals surface area contributed by atoms with Crippen molar-refractivity contribution in [1.82, 2.24) is 0 Å². The molecule has 0 aromatic heterocycles. The van der Waals surface area contributed by atoms with Crippen LogP contribution in [0.25, 0.3) is 6.08 Å². The Kier molecular flexibility index (Phi) is 4.17. The molecule has 5 rings (SSSR count). The van der Waals surface area contributed by atoms with Gasteiger partial charge in [-0.1, -0.05) is 36.7 Å². The number of Topliss-reactive ketones (excluding diaryl/α,β-unsaturated/α-hetero) is 1. The molecule has 144 valence electrons. The Bertz CT molecular complexity index is 975. The van der Waals surface area contributed by atoms with Crippen molar-refractivity contribution in [3.8, 4) is 5.75 Å². The molecule has 0 spiro atoms. The molecule has 3 heteroatoms. The van der Waals surface area contributed by atoms with Gasteiger partial charge >= 0.3 is 0 Å². The van der Waals surface area contributed by atoms with E-state index in [-0.39, 0.29) is 5.41 Å². The average molecular weight is 393 g/mol. The fraction of sp³-hybridized carbons (Fsp3) is 0.400. The van der Waals surface area contributed by atoms with Gasteiger partial charge in [0.15, 0.2) is 5.78 Å². The summed E-state index contributed by atoms with van der Waals surface area (Å²) in [5.74, 6) is 2.20. The van der Waals surface area contributed by atoms with Crippen LogP contribution >= 0.6 is 11.6 Å². The molecule has 0 unspecified atom stereocenters. The van der Waals surface area contributed by atoms with Crippen molar-refractivity contribution in [2.45, 2.75) is 44.9 Å². The lowest BCUT2D eigenvalue weighted by Crippen LogP contribution is -2.42. The molecule has 28 heavy (non-hydrogen) atoms. The zero-order valence-electron chi connectivity index (χ0n) is 16.1. The lowest BCUT2D eigenvalue weighted by Gasteiger charge is -2.48. The van der Waals surface area contributed by atoms with Crippen LogP contribution in [0.2, 0.25) is 5.02 Å². The number of phenols is 1. The Labute approximate surface area is 171 Å². The number of aromatic hydroxyl groups is 1. The van der Waals surface area contributed by atoms with Crippen LogP contribution in [0.4, 0.5) is 0 Å². The van der Waals surface area contributed by atoms with Crippen LogP contribution in [0.15, 0.2) is 48.0 Å². The van der Waals surface area contributed by atoms with E-state index in [1.807, 2.05) is 36.4 Å². The Hall–Kier alpha value is -2.06. The molecule has 0 amide bonds. The number of hydrogen-bond acceptors (Lipinski definition) is 2. The van der Waals surface area contributed by atoms with Crippen LogP contribution in [-0.4, -0.2) is 10.9 Å². The van der Waals surface area contributed by atoms with Crippen molar-refractivity contribution in [1.29, 1.82) is 0 Å². The summed E-state index contributed by atoms with van der Waals surface area (Å²) in [5.41, 5.74) is 4.50. The first-order valence-electron chi connectivity index (χ1n) is 10.3. The predicted molar refractivity (Wildman–Crippen MR) is 113 cm³/mol. The Morgan fingerprint density at radius 1 is 1.14 bits per heavy atom. The van der Waals surface area contributed by atoms with E-state index >= 15 is 0 Å². The van der Waals surface area contributed by atoms with Gasteiger partial charge in [-0.3, -0.25) is 4.79 Å². The van der Waals surface area contributed by atoms with E-state index in [2.05, 4.69) is 19.1 Å². The Balaban J connectivity index is 1.48. The summed E-state index contributed by atoms with van der Waals surface area (Å²) in [5, 5.41) is 10.6. The molecule has 2 nitrogen and oxygen atoms in total. The number of halogens is 1. The molecule has 0 radical (unpaired) electrons. The van der Waals surface area contributed by atoms with Crippen LogP contribution in [-0.2, 0) is 11.2 Å². The minimum atomic E-state index is -0.228. The normalized spacial score (nSPS) is 32.7. The van der Waals surface area contributed by atoms with Crippen molar-refractivity contribution in [2.75, 3.05) is 0 Å². The molecule has 2 aromatic rings. The molecular weight excluding hydrogens is 368 g/mol. The van der Waals surface area contributed by atoms with E-state index < -0.39 is 0 Å². The Morgan fingerprint density at radius 3 is 2.71 bits per heavy atom. The number of ketones is 1. The maximum atomic E-state index is 13.4. The summed E-state index contributed by atoms with van der Waals surface area (Å²) in [4.78, 5) is 13.4. The Morgan fingerprint density at radius 2 is 1.93 bits per heavy atom. The zero-order chi connectivity index (χ0) is 19.5. The van der Waals surface area contributed by atoms with E-state index in [0.717, 1.165) is 48.3 Å². The van der Waals surface area contributed by atoms with Crippen molar-refractivity contribution in [2.24, 2.45) is 17.3 Å². The molecule has 0 aliphatic heterocycles.